The normalized spacial score (nSPS) is 14.2. The standard InChI is InChI=1S/C17H23N7O2/c1-12(2)7-20-17(26)23-9-14(10-23)24-11-15(21-22-24)16(25)19-8-13-3-5-18-6-4-13/h3-6,11-12,14H,7-10H2,1-2H3,(H,19,25)(H,20,26). The third-order valence-electron chi connectivity index (χ3n) is 4.13. The molecular weight excluding hydrogens is 334 g/mol. The zero-order valence-corrected chi connectivity index (χ0v) is 14.9. The third-order valence-corrected chi connectivity index (χ3v) is 4.13. The van der Waals surface area contributed by atoms with Crippen molar-refractivity contribution in [3.63, 3.8) is 0 Å². The van der Waals surface area contributed by atoms with Crippen molar-refractivity contribution in [1.82, 2.24) is 35.5 Å². The maximum atomic E-state index is 12.2. The molecule has 138 valence electrons. The smallest absolute Gasteiger partial charge is 0.317 e. The van der Waals surface area contributed by atoms with Gasteiger partial charge in [-0.25, -0.2) is 9.48 Å². The molecule has 0 bridgehead atoms. The molecule has 3 rings (SSSR count). The summed E-state index contributed by atoms with van der Waals surface area (Å²) in [5, 5.41) is 13.6. The topological polar surface area (TPSA) is 105 Å². The fourth-order valence-electron chi connectivity index (χ4n) is 2.52. The van der Waals surface area contributed by atoms with Crippen LogP contribution in [0.25, 0.3) is 0 Å². The Morgan fingerprint density at radius 1 is 1.23 bits per heavy atom. The lowest BCUT2D eigenvalue weighted by Gasteiger charge is -2.38. The van der Waals surface area contributed by atoms with Gasteiger partial charge in [0.2, 0.25) is 0 Å². The summed E-state index contributed by atoms with van der Waals surface area (Å²) < 4.78 is 1.65. The highest BCUT2D eigenvalue weighted by Gasteiger charge is 2.33. The summed E-state index contributed by atoms with van der Waals surface area (Å²) in [5.74, 6) is 0.137. The van der Waals surface area contributed by atoms with E-state index < -0.39 is 0 Å². The lowest BCUT2D eigenvalue weighted by atomic mass is 10.1. The van der Waals surface area contributed by atoms with Crippen molar-refractivity contribution in [2.24, 2.45) is 5.92 Å². The van der Waals surface area contributed by atoms with E-state index in [0.29, 0.717) is 32.1 Å². The molecule has 2 N–H and O–H groups in total. The van der Waals surface area contributed by atoms with Crippen LogP contribution in [0.2, 0.25) is 0 Å². The summed E-state index contributed by atoms with van der Waals surface area (Å²) in [7, 11) is 0. The van der Waals surface area contributed by atoms with Crippen LogP contribution in [0.3, 0.4) is 0 Å². The molecule has 0 unspecified atom stereocenters. The number of carbonyl (C=O) groups is 2. The Morgan fingerprint density at radius 2 is 1.96 bits per heavy atom. The minimum atomic E-state index is -0.279. The number of hydrogen-bond donors (Lipinski definition) is 2. The fraction of sp³-hybridized carbons (Fsp3) is 0.471. The Balaban J connectivity index is 1.46. The van der Waals surface area contributed by atoms with Gasteiger partial charge in [-0.3, -0.25) is 9.78 Å². The first kappa shape index (κ1) is 17.8. The van der Waals surface area contributed by atoms with Crippen molar-refractivity contribution in [2.45, 2.75) is 26.4 Å². The van der Waals surface area contributed by atoms with E-state index in [4.69, 9.17) is 0 Å². The Labute approximate surface area is 151 Å². The summed E-state index contributed by atoms with van der Waals surface area (Å²) in [6.07, 6.45) is 4.98. The second-order valence-corrected chi connectivity index (χ2v) is 6.76. The first-order valence-corrected chi connectivity index (χ1v) is 8.64. The van der Waals surface area contributed by atoms with Crippen LogP contribution in [-0.4, -0.2) is 56.5 Å². The zero-order chi connectivity index (χ0) is 18.5. The average molecular weight is 357 g/mol. The summed E-state index contributed by atoms with van der Waals surface area (Å²) in [4.78, 5) is 29.8. The molecule has 3 amide bonds. The average Bonchev–Trinajstić information content (AvgIpc) is 3.07. The molecule has 1 saturated heterocycles. The van der Waals surface area contributed by atoms with E-state index in [1.165, 1.54) is 0 Å². The highest BCUT2D eigenvalue weighted by Crippen LogP contribution is 2.20. The molecule has 9 nitrogen and oxygen atoms in total. The number of nitrogens with zero attached hydrogens (tertiary/aromatic N) is 5. The Kier molecular flexibility index (Phi) is 5.45. The molecule has 1 aliphatic rings. The van der Waals surface area contributed by atoms with Crippen molar-refractivity contribution in [3.8, 4) is 0 Å². The fourth-order valence-corrected chi connectivity index (χ4v) is 2.52. The van der Waals surface area contributed by atoms with E-state index in [1.807, 2.05) is 12.1 Å². The van der Waals surface area contributed by atoms with E-state index in [9.17, 15) is 9.59 Å². The van der Waals surface area contributed by atoms with Gasteiger partial charge in [-0.2, -0.15) is 0 Å². The van der Waals surface area contributed by atoms with Crippen LogP contribution in [0.4, 0.5) is 4.79 Å². The number of urea groups is 1. The van der Waals surface area contributed by atoms with Crippen LogP contribution < -0.4 is 10.6 Å². The molecule has 26 heavy (non-hydrogen) atoms. The van der Waals surface area contributed by atoms with Gasteiger partial charge in [-0.1, -0.05) is 19.1 Å². The Bertz CT molecular complexity index is 753. The van der Waals surface area contributed by atoms with Crippen molar-refractivity contribution in [2.75, 3.05) is 19.6 Å². The highest BCUT2D eigenvalue weighted by atomic mass is 16.2. The maximum Gasteiger partial charge on any atom is 0.317 e. The molecule has 1 aliphatic heterocycles. The second-order valence-electron chi connectivity index (χ2n) is 6.76. The van der Waals surface area contributed by atoms with Crippen molar-refractivity contribution >= 4 is 11.9 Å². The Hall–Kier alpha value is -2.97. The van der Waals surface area contributed by atoms with E-state index in [-0.39, 0.29) is 23.7 Å². The summed E-state index contributed by atoms with van der Waals surface area (Å²) in [6.45, 7) is 6.29. The van der Waals surface area contributed by atoms with E-state index >= 15 is 0 Å². The molecular formula is C17H23N7O2. The monoisotopic (exact) mass is 357 g/mol. The zero-order valence-electron chi connectivity index (χ0n) is 14.9. The number of likely N-dealkylation sites (tertiary alicyclic amines) is 1. The van der Waals surface area contributed by atoms with Gasteiger partial charge >= 0.3 is 6.03 Å². The van der Waals surface area contributed by atoms with Gasteiger partial charge in [0.05, 0.1) is 12.2 Å². The largest absolute Gasteiger partial charge is 0.347 e. The minimum absolute atomic E-state index is 0.0500. The number of amides is 3. The Morgan fingerprint density at radius 3 is 2.65 bits per heavy atom. The van der Waals surface area contributed by atoms with Gasteiger partial charge in [-0.05, 0) is 23.6 Å². The number of rotatable bonds is 6. The third kappa shape index (κ3) is 4.35. The maximum absolute atomic E-state index is 12.2. The molecule has 0 atom stereocenters. The minimum Gasteiger partial charge on any atom is -0.347 e. The summed E-state index contributed by atoms with van der Waals surface area (Å²) in [6, 6.07) is 3.66. The lowest BCUT2D eigenvalue weighted by Crippen LogP contribution is -2.54. The predicted molar refractivity (Wildman–Crippen MR) is 94.3 cm³/mol. The number of hydrogen-bond acceptors (Lipinski definition) is 5. The number of carbonyl (C=O) groups excluding carboxylic acids is 2. The number of pyridine rings is 1. The van der Waals surface area contributed by atoms with Crippen molar-refractivity contribution in [1.29, 1.82) is 0 Å². The lowest BCUT2D eigenvalue weighted by molar-refractivity contribution is 0.0945. The van der Waals surface area contributed by atoms with Gasteiger partial charge in [0.15, 0.2) is 5.69 Å². The first-order chi connectivity index (χ1) is 12.5. The second kappa shape index (κ2) is 7.94. The van der Waals surface area contributed by atoms with Crippen LogP contribution in [-0.2, 0) is 6.54 Å². The number of nitrogens with one attached hydrogen (secondary N) is 2. The van der Waals surface area contributed by atoms with Crippen LogP contribution in [0, 0.1) is 5.92 Å². The number of aromatic nitrogens is 4. The predicted octanol–water partition coefficient (Wildman–Crippen LogP) is 0.825. The van der Waals surface area contributed by atoms with Crippen LogP contribution in [0.5, 0.6) is 0 Å². The van der Waals surface area contributed by atoms with Gasteiger partial charge in [0.1, 0.15) is 0 Å². The highest BCUT2D eigenvalue weighted by molar-refractivity contribution is 5.91. The molecule has 2 aromatic rings. The molecule has 0 aromatic carbocycles. The molecule has 2 aromatic heterocycles. The SMILES string of the molecule is CC(C)CNC(=O)N1CC(n2cc(C(=O)NCc3ccncc3)nn2)C1. The first-order valence-electron chi connectivity index (χ1n) is 8.64. The molecule has 0 radical (unpaired) electrons. The van der Waals surface area contributed by atoms with Crippen LogP contribution >= 0.6 is 0 Å². The molecule has 0 aliphatic carbocycles. The molecule has 0 saturated carbocycles. The van der Waals surface area contributed by atoms with Gasteiger partial charge in [-0.15, -0.1) is 5.10 Å². The van der Waals surface area contributed by atoms with Crippen molar-refractivity contribution in [3.05, 3.63) is 42.0 Å². The molecule has 9 heteroatoms. The summed E-state index contributed by atoms with van der Waals surface area (Å²) in [5.41, 5.74) is 1.23. The molecule has 0 spiro atoms. The van der Waals surface area contributed by atoms with Gasteiger partial charge in [0, 0.05) is 38.6 Å². The molecule has 1 fully saturated rings. The van der Waals surface area contributed by atoms with E-state index in [2.05, 4.69) is 39.8 Å². The van der Waals surface area contributed by atoms with E-state index in [0.717, 1.165) is 5.56 Å². The van der Waals surface area contributed by atoms with Gasteiger partial charge in [0.25, 0.3) is 5.91 Å². The molecule has 3 heterocycles. The van der Waals surface area contributed by atoms with Crippen LogP contribution in [0.1, 0.15) is 35.9 Å². The summed E-state index contributed by atoms with van der Waals surface area (Å²) >= 11 is 0. The van der Waals surface area contributed by atoms with Gasteiger partial charge < -0.3 is 15.5 Å². The quantitative estimate of drug-likeness (QED) is 0.796. The van der Waals surface area contributed by atoms with Crippen LogP contribution in [0.15, 0.2) is 30.7 Å². The van der Waals surface area contributed by atoms with E-state index in [1.54, 1.807) is 28.2 Å². The van der Waals surface area contributed by atoms with Crippen molar-refractivity contribution < 1.29 is 9.59 Å².